The molecule has 106 valence electrons. The predicted molar refractivity (Wildman–Crippen MR) is 82.0 cm³/mol. The average molecular weight is 270 g/mol. The van der Waals surface area contributed by atoms with E-state index in [4.69, 9.17) is 4.74 Å². The number of hydrogen-bond acceptors (Lipinski definition) is 3. The van der Waals surface area contributed by atoms with Crippen molar-refractivity contribution in [3.8, 4) is 5.75 Å². The Kier molecular flexibility index (Phi) is 5.56. The molecule has 1 heterocycles. The summed E-state index contributed by atoms with van der Waals surface area (Å²) in [5.74, 6) is 0.937. The van der Waals surface area contributed by atoms with Gasteiger partial charge in [0.1, 0.15) is 5.75 Å². The Morgan fingerprint density at radius 3 is 2.45 bits per heavy atom. The molecular weight excluding hydrogens is 248 g/mol. The minimum absolute atomic E-state index is 0.371. The van der Waals surface area contributed by atoms with Gasteiger partial charge in [0.05, 0.1) is 6.61 Å². The predicted octanol–water partition coefficient (Wildman–Crippen LogP) is 3.37. The smallest absolute Gasteiger partial charge is 0.119 e. The van der Waals surface area contributed by atoms with Gasteiger partial charge in [-0.1, -0.05) is 12.1 Å². The second-order valence-electron chi connectivity index (χ2n) is 4.89. The van der Waals surface area contributed by atoms with E-state index >= 15 is 0 Å². The largest absolute Gasteiger partial charge is 0.494 e. The summed E-state index contributed by atoms with van der Waals surface area (Å²) in [5, 5.41) is 3.23. The molecule has 2 aromatic rings. The highest BCUT2D eigenvalue weighted by atomic mass is 16.5. The Balaban J connectivity index is 1.74. The normalized spacial score (nSPS) is 12.1. The molecule has 0 saturated heterocycles. The molecule has 0 radical (unpaired) electrons. The van der Waals surface area contributed by atoms with Crippen molar-refractivity contribution < 1.29 is 4.74 Å². The zero-order valence-corrected chi connectivity index (χ0v) is 12.2. The molecule has 0 fully saturated rings. The lowest BCUT2D eigenvalue weighted by molar-refractivity contribution is 0.311. The highest BCUT2D eigenvalue weighted by Gasteiger charge is 2.02. The number of pyridine rings is 1. The van der Waals surface area contributed by atoms with Gasteiger partial charge in [0.15, 0.2) is 0 Å². The lowest BCUT2D eigenvalue weighted by atomic mass is 10.1. The van der Waals surface area contributed by atoms with E-state index in [9.17, 15) is 0 Å². The number of nitrogens with one attached hydrogen (secondary N) is 1. The summed E-state index contributed by atoms with van der Waals surface area (Å²) >= 11 is 0. The van der Waals surface area contributed by atoms with Crippen LogP contribution in [0.2, 0.25) is 0 Å². The maximum Gasteiger partial charge on any atom is 0.119 e. The monoisotopic (exact) mass is 270 g/mol. The van der Waals surface area contributed by atoms with Crippen LogP contribution in [0.4, 0.5) is 0 Å². The van der Waals surface area contributed by atoms with Crippen LogP contribution in [0.1, 0.15) is 30.5 Å². The van der Waals surface area contributed by atoms with Crippen molar-refractivity contribution in [2.75, 3.05) is 13.7 Å². The van der Waals surface area contributed by atoms with E-state index in [1.54, 1.807) is 0 Å². The Morgan fingerprint density at radius 1 is 1.10 bits per heavy atom. The van der Waals surface area contributed by atoms with Crippen molar-refractivity contribution in [3.63, 3.8) is 0 Å². The van der Waals surface area contributed by atoms with E-state index in [0.717, 1.165) is 25.2 Å². The second-order valence-corrected chi connectivity index (χ2v) is 4.89. The molecule has 1 N–H and O–H groups in total. The van der Waals surface area contributed by atoms with Crippen molar-refractivity contribution in [3.05, 3.63) is 59.9 Å². The SMILES string of the molecule is CNC(C)c1ccc(OCCCc2ccncc2)cc1. The van der Waals surface area contributed by atoms with Crippen molar-refractivity contribution in [1.29, 1.82) is 0 Å². The van der Waals surface area contributed by atoms with Gasteiger partial charge >= 0.3 is 0 Å². The fourth-order valence-electron chi connectivity index (χ4n) is 2.04. The highest BCUT2D eigenvalue weighted by molar-refractivity contribution is 5.28. The third kappa shape index (κ3) is 4.35. The van der Waals surface area contributed by atoms with Crippen molar-refractivity contribution in [2.45, 2.75) is 25.8 Å². The summed E-state index contributed by atoms with van der Waals surface area (Å²) in [6.07, 6.45) is 5.70. The molecule has 3 heteroatoms. The van der Waals surface area contributed by atoms with Crippen LogP contribution in [-0.2, 0) is 6.42 Å². The zero-order chi connectivity index (χ0) is 14.2. The minimum Gasteiger partial charge on any atom is -0.494 e. The van der Waals surface area contributed by atoms with Crippen LogP contribution >= 0.6 is 0 Å². The van der Waals surface area contributed by atoms with Gasteiger partial charge in [-0.2, -0.15) is 0 Å². The lowest BCUT2D eigenvalue weighted by Crippen LogP contribution is -2.11. The van der Waals surface area contributed by atoms with Crippen molar-refractivity contribution in [1.82, 2.24) is 10.3 Å². The second kappa shape index (κ2) is 7.65. The van der Waals surface area contributed by atoms with E-state index in [1.165, 1.54) is 11.1 Å². The van der Waals surface area contributed by atoms with Gasteiger partial charge in [-0.3, -0.25) is 4.98 Å². The first-order chi connectivity index (χ1) is 9.79. The van der Waals surface area contributed by atoms with E-state index in [1.807, 2.05) is 43.7 Å². The minimum atomic E-state index is 0.371. The number of rotatable bonds is 7. The van der Waals surface area contributed by atoms with Crippen LogP contribution in [0, 0.1) is 0 Å². The van der Waals surface area contributed by atoms with Gasteiger partial charge in [0.25, 0.3) is 0 Å². The average Bonchev–Trinajstić information content (AvgIpc) is 2.52. The Hall–Kier alpha value is -1.87. The van der Waals surface area contributed by atoms with Crippen LogP contribution in [0.5, 0.6) is 5.75 Å². The van der Waals surface area contributed by atoms with E-state index < -0.39 is 0 Å². The van der Waals surface area contributed by atoms with Crippen LogP contribution in [0.15, 0.2) is 48.8 Å². The summed E-state index contributed by atoms with van der Waals surface area (Å²) in [6.45, 7) is 2.88. The Bertz CT molecular complexity index is 496. The number of aromatic nitrogens is 1. The third-order valence-corrected chi connectivity index (χ3v) is 3.44. The summed E-state index contributed by atoms with van der Waals surface area (Å²) in [4.78, 5) is 4.01. The van der Waals surface area contributed by atoms with Gasteiger partial charge in [-0.15, -0.1) is 0 Å². The van der Waals surface area contributed by atoms with Crippen LogP contribution in [0.3, 0.4) is 0 Å². The lowest BCUT2D eigenvalue weighted by Gasteiger charge is -2.11. The summed E-state index contributed by atoms with van der Waals surface area (Å²) in [5.41, 5.74) is 2.58. The van der Waals surface area contributed by atoms with Crippen LogP contribution in [0.25, 0.3) is 0 Å². The van der Waals surface area contributed by atoms with Gasteiger partial charge in [0.2, 0.25) is 0 Å². The molecular formula is C17H22N2O. The molecule has 1 atom stereocenters. The number of benzene rings is 1. The fourth-order valence-corrected chi connectivity index (χ4v) is 2.04. The number of nitrogens with zero attached hydrogens (tertiary/aromatic N) is 1. The van der Waals surface area contributed by atoms with E-state index in [-0.39, 0.29) is 0 Å². The number of aryl methyl sites for hydroxylation is 1. The van der Waals surface area contributed by atoms with Crippen LogP contribution < -0.4 is 10.1 Å². The number of hydrogen-bond donors (Lipinski definition) is 1. The molecule has 3 nitrogen and oxygen atoms in total. The maximum atomic E-state index is 5.76. The standard InChI is InChI=1S/C17H22N2O/c1-14(18-2)16-5-7-17(8-6-16)20-13-3-4-15-9-11-19-12-10-15/h5-12,14,18H,3-4,13H2,1-2H3. The quantitative estimate of drug-likeness (QED) is 0.783. The molecule has 0 aliphatic rings. The summed E-state index contributed by atoms with van der Waals surface area (Å²) in [7, 11) is 1.97. The summed E-state index contributed by atoms with van der Waals surface area (Å²) < 4.78 is 5.76. The molecule has 0 bridgehead atoms. The molecule has 0 spiro atoms. The molecule has 2 rings (SSSR count). The zero-order valence-electron chi connectivity index (χ0n) is 12.2. The Morgan fingerprint density at radius 2 is 1.80 bits per heavy atom. The molecule has 1 unspecified atom stereocenters. The topological polar surface area (TPSA) is 34.1 Å². The fraction of sp³-hybridized carbons (Fsp3) is 0.353. The molecule has 0 amide bonds. The van der Waals surface area contributed by atoms with Gasteiger partial charge in [0, 0.05) is 18.4 Å². The Labute approximate surface area is 121 Å². The number of ether oxygens (including phenoxy) is 1. The third-order valence-electron chi connectivity index (χ3n) is 3.44. The first-order valence-corrected chi connectivity index (χ1v) is 7.08. The molecule has 1 aromatic heterocycles. The summed E-state index contributed by atoms with van der Waals surface area (Å²) in [6, 6.07) is 12.8. The molecule has 1 aromatic carbocycles. The van der Waals surface area contributed by atoms with E-state index in [2.05, 4.69) is 29.4 Å². The maximum absolute atomic E-state index is 5.76. The van der Waals surface area contributed by atoms with Gasteiger partial charge in [-0.25, -0.2) is 0 Å². The van der Waals surface area contributed by atoms with Gasteiger partial charge < -0.3 is 10.1 Å². The highest BCUT2D eigenvalue weighted by Crippen LogP contribution is 2.17. The molecule has 0 aliphatic carbocycles. The molecule has 0 aliphatic heterocycles. The van der Waals surface area contributed by atoms with Gasteiger partial charge in [-0.05, 0) is 62.2 Å². The first kappa shape index (κ1) is 14.5. The van der Waals surface area contributed by atoms with E-state index in [0.29, 0.717) is 6.04 Å². The van der Waals surface area contributed by atoms with Crippen molar-refractivity contribution >= 4 is 0 Å². The van der Waals surface area contributed by atoms with Crippen LogP contribution in [-0.4, -0.2) is 18.6 Å². The first-order valence-electron chi connectivity index (χ1n) is 7.08. The molecule has 0 saturated carbocycles. The van der Waals surface area contributed by atoms with Crippen molar-refractivity contribution in [2.24, 2.45) is 0 Å². The molecule has 20 heavy (non-hydrogen) atoms.